The molecule has 6 heteroatoms. The Kier molecular flexibility index (Phi) is 8.95. The molecule has 0 radical (unpaired) electrons. The average Bonchev–Trinajstić information content (AvgIpc) is 2.32. The number of aliphatic hydroxyl groups is 1. The zero-order valence-corrected chi connectivity index (χ0v) is 12.1. The first kappa shape index (κ1) is 17.7. The number of urea groups is 1. The Morgan fingerprint density at radius 1 is 1.26 bits per heavy atom. The zero-order chi connectivity index (χ0) is 14.8. The molecule has 0 rings (SSSR count). The highest BCUT2D eigenvalue weighted by Crippen LogP contribution is 2.10. The second-order valence-electron chi connectivity index (χ2n) is 5.14. The number of nitrogens with two attached hydrogens (primary N) is 1. The number of amides is 3. The van der Waals surface area contributed by atoms with Crippen molar-refractivity contribution in [1.82, 2.24) is 10.6 Å². The summed E-state index contributed by atoms with van der Waals surface area (Å²) >= 11 is 0. The summed E-state index contributed by atoms with van der Waals surface area (Å²) in [6.07, 6.45) is 2.63. The van der Waals surface area contributed by atoms with E-state index in [4.69, 9.17) is 10.8 Å². The molecular weight excluding hydrogens is 246 g/mol. The van der Waals surface area contributed by atoms with Crippen LogP contribution in [0, 0.1) is 11.8 Å². The highest BCUT2D eigenvalue weighted by Gasteiger charge is 2.23. The summed E-state index contributed by atoms with van der Waals surface area (Å²) in [6.45, 7) is 6.39. The van der Waals surface area contributed by atoms with Crippen LogP contribution >= 0.6 is 0 Å². The van der Waals surface area contributed by atoms with E-state index in [0.717, 1.165) is 12.8 Å². The largest absolute Gasteiger partial charge is 0.396 e. The van der Waals surface area contributed by atoms with Gasteiger partial charge in [-0.2, -0.15) is 0 Å². The molecule has 3 amide bonds. The number of nitrogens with one attached hydrogen (secondary N) is 2. The first-order valence-electron chi connectivity index (χ1n) is 6.86. The standard InChI is InChI=1S/C13H27N3O3/c1-4-5-10(6-7-17)8-15-12(18)11(9(2)3)16-13(14)19/h9-11,17H,4-8H2,1-3H3,(H,15,18)(H3,14,16,19). The smallest absolute Gasteiger partial charge is 0.312 e. The summed E-state index contributed by atoms with van der Waals surface area (Å²) < 4.78 is 0. The van der Waals surface area contributed by atoms with Gasteiger partial charge in [0.1, 0.15) is 6.04 Å². The molecular formula is C13H27N3O3. The van der Waals surface area contributed by atoms with Crippen LogP contribution < -0.4 is 16.4 Å². The summed E-state index contributed by atoms with van der Waals surface area (Å²) in [4.78, 5) is 22.8. The van der Waals surface area contributed by atoms with E-state index < -0.39 is 12.1 Å². The van der Waals surface area contributed by atoms with E-state index in [1.807, 2.05) is 13.8 Å². The Labute approximate surface area is 115 Å². The minimum Gasteiger partial charge on any atom is -0.396 e. The maximum atomic E-state index is 12.0. The van der Waals surface area contributed by atoms with Crippen LogP contribution in [0.5, 0.6) is 0 Å². The van der Waals surface area contributed by atoms with Gasteiger partial charge in [0.15, 0.2) is 0 Å². The summed E-state index contributed by atoms with van der Waals surface area (Å²) in [5, 5.41) is 14.2. The topological polar surface area (TPSA) is 104 Å². The van der Waals surface area contributed by atoms with Crippen LogP contribution in [0.15, 0.2) is 0 Å². The number of aliphatic hydroxyl groups excluding tert-OH is 1. The molecule has 112 valence electrons. The van der Waals surface area contributed by atoms with Crippen molar-refractivity contribution in [2.45, 2.75) is 46.1 Å². The highest BCUT2D eigenvalue weighted by atomic mass is 16.3. The second-order valence-corrected chi connectivity index (χ2v) is 5.14. The monoisotopic (exact) mass is 273 g/mol. The van der Waals surface area contributed by atoms with Crippen LogP contribution in [0.2, 0.25) is 0 Å². The lowest BCUT2D eigenvalue weighted by Gasteiger charge is -2.22. The van der Waals surface area contributed by atoms with Crippen LogP contribution in [0.4, 0.5) is 4.79 Å². The van der Waals surface area contributed by atoms with Gasteiger partial charge in [0, 0.05) is 13.2 Å². The molecule has 0 aliphatic heterocycles. The normalized spacial score (nSPS) is 13.9. The van der Waals surface area contributed by atoms with Gasteiger partial charge in [-0.15, -0.1) is 0 Å². The number of rotatable bonds is 9. The van der Waals surface area contributed by atoms with Crippen LogP contribution in [0.25, 0.3) is 0 Å². The lowest BCUT2D eigenvalue weighted by Crippen LogP contribution is -2.52. The van der Waals surface area contributed by atoms with Crippen molar-refractivity contribution in [2.75, 3.05) is 13.2 Å². The predicted molar refractivity (Wildman–Crippen MR) is 74.5 cm³/mol. The third-order valence-corrected chi connectivity index (χ3v) is 3.05. The Bertz CT molecular complexity index is 276. The third kappa shape index (κ3) is 7.66. The van der Waals surface area contributed by atoms with Gasteiger partial charge in [-0.25, -0.2) is 4.79 Å². The van der Waals surface area contributed by atoms with Crippen LogP contribution in [0.1, 0.15) is 40.0 Å². The van der Waals surface area contributed by atoms with Crippen molar-refractivity contribution in [2.24, 2.45) is 17.6 Å². The van der Waals surface area contributed by atoms with E-state index in [1.165, 1.54) is 0 Å². The molecule has 0 aliphatic rings. The van der Waals surface area contributed by atoms with Gasteiger partial charge in [0.25, 0.3) is 0 Å². The SMILES string of the molecule is CCCC(CCO)CNC(=O)C(NC(N)=O)C(C)C. The van der Waals surface area contributed by atoms with Crippen LogP contribution in [-0.2, 0) is 4.79 Å². The molecule has 5 N–H and O–H groups in total. The maximum Gasteiger partial charge on any atom is 0.312 e. The minimum atomic E-state index is -0.700. The molecule has 19 heavy (non-hydrogen) atoms. The fraction of sp³-hybridized carbons (Fsp3) is 0.846. The first-order valence-corrected chi connectivity index (χ1v) is 6.86. The zero-order valence-electron chi connectivity index (χ0n) is 12.1. The molecule has 0 saturated heterocycles. The van der Waals surface area contributed by atoms with Gasteiger partial charge in [-0.3, -0.25) is 4.79 Å². The van der Waals surface area contributed by atoms with Crippen LogP contribution in [0.3, 0.4) is 0 Å². The number of hydrogen-bond acceptors (Lipinski definition) is 3. The Morgan fingerprint density at radius 3 is 2.32 bits per heavy atom. The Morgan fingerprint density at radius 2 is 1.89 bits per heavy atom. The first-order chi connectivity index (χ1) is 8.92. The van der Waals surface area contributed by atoms with E-state index in [2.05, 4.69) is 17.6 Å². The van der Waals surface area contributed by atoms with Gasteiger partial charge < -0.3 is 21.5 Å². The number of hydrogen-bond donors (Lipinski definition) is 4. The molecule has 0 aromatic heterocycles. The number of carbonyl (C=O) groups excluding carboxylic acids is 2. The van der Waals surface area contributed by atoms with E-state index in [1.54, 1.807) is 0 Å². The quantitative estimate of drug-likeness (QED) is 0.494. The maximum absolute atomic E-state index is 12.0. The average molecular weight is 273 g/mol. The minimum absolute atomic E-state index is 0.0324. The van der Waals surface area contributed by atoms with E-state index in [-0.39, 0.29) is 24.3 Å². The van der Waals surface area contributed by atoms with Gasteiger partial charge in [0.2, 0.25) is 5.91 Å². The lowest BCUT2D eigenvalue weighted by atomic mass is 9.99. The summed E-state index contributed by atoms with van der Waals surface area (Å²) in [7, 11) is 0. The molecule has 0 heterocycles. The summed E-state index contributed by atoms with van der Waals surface area (Å²) in [6, 6.07) is -1.32. The van der Waals surface area contributed by atoms with Crippen molar-refractivity contribution in [1.29, 1.82) is 0 Å². The van der Waals surface area contributed by atoms with E-state index in [9.17, 15) is 9.59 Å². The van der Waals surface area contributed by atoms with Crippen molar-refractivity contribution >= 4 is 11.9 Å². The summed E-state index contributed by atoms with van der Waals surface area (Å²) in [5.41, 5.74) is 5.06. The molecule has 0 aromatic rings. The van der Waals surface area contributed by atoms with Gasteiger partial charge in [-0.1, -0.05) is 27.2 Å². The summed E-state index contributed by atoms with van der Waals surface area (Å²) in [5.74, 6) is 0.00292. The van der Waals surface area contributed by atoms with Crippen molar-refractivity contribution in [3.8, 4) is 0 Å². The molecule has 0 spiro atoms. The Balaban J connectivity index is 4.33. The molecule has 0 aliphatic carbocycles. The fourth-order valence-electron chi connectivity index (χ4n) is 1.98. The highest BCUT2D eigenvalue weighted by molar-refractivity contribution is 5.86. The van der Waals surface area contributed by atoms with Crippen molar-refractivity contribution in [3.63, 3.8) is 0 Å². The molecule has 0 saturated carbocycles. The van der Waals surface area contributed by atoms with Gasteiger partial charge in [-0.05, 0) is 24.7 Å². The Hall–Kier alpha value is -1.30. The molecule has 0 bridgehead atoms. The van der Waals surface area contributed by atoms with Crippen molar-refractivity contribution < 1.29 is 14.7 Å². The van der Waals surface area contributed by atoms with E-state index in [0.29, 0.717) is 13.0 Å². The van der Waals surface area contributed by atoms with Gasteiger partial charge in [0.05, 0.1) is 0 Å². The lowest BCUT2D eigenvalue weighted by molar-refractivity contribution is -0.124. The van der Waals surface area contributed by atoms with Gasteiger partial charge >= 0.3 is 6.03 Å². The second kappa shape index (κ2) is 9.61. The third-order valence-electron chi connectivity index (χ3n) is 3.05. The van der Waals surface area contributed by atoms with Crippen LogP contribution in [-0.4, -0.2) is 36.2 Å². The number of primary amides is 1. The number of carbonyl (C=O) groups is 2. The van der Waals surface area contributed by atoms with E-state index >= 15 is 0 Å². The fourth-order valence-corrected chi connectivity index (χ4v) is 1.98. The van der Waals surface area contributed by atoms with Crippen molar-refractivity contribution in [3.05, 3.63) is 0 Å². The molecule has 0 fully saturated rings. The predicted octanol–water partition coefficient (Wildman–Crippen LogP) is 0.594. The molecule has 6 nitrogen and oxygen atoms in total. The molecule has 2 unspecified atom stereocenters. The molecule has 2 atom stereocenters. The molecule has 0 aromatic carbocycles.